The van der Waals surface area contributed by atoms with E-state index in [1.807, 2.05) is 49.4 Å². The summed E-state index contributed by atoms with van der Waals surface area (Å²) in [7, 11) is 0. The zero-order chi connectivity index (χ0) is 24.0. The molecule has 34 heavy (non-hydrogen) atoms. The first-order chi connectivity index (χ1) is 16.4. The molecule has 2 unspecified atom stereocenters. The van der Waals surface area contributed by atoms with Gasteiger partial charge < -0.3 is 20.1 Å². The third kappa shape index (κ3) is 3.41. The number of nitrogens with one attached hydrogen (secondary N) is 1. The monoisotopic (exact) mass is 482 g/mol. The molecule has 2 amide bonds. The fourth-order valence-corrected chi connectivity index (χ4v) is 8.38. The van der Waals surface area contributed by atoms with Crippen LogP contribution >= 0.6 is 11.8 Å². The molecule has 3 aliphatic rings. The van der Waals surface area contributed by atoms with E-state index in [1.54, 1.807) is 23.6 Å². The highest BCUT2D eigenvalue weighted by molar-refractivity contribution is 8.02. The average Bonchev–Trinajstić information content (AvgIpc) is 3.48. The molecule has 3 aliphatic heterocycles. The standard InChI is InChI=1S/C26H30N2O5S/c1-3-18(14-29)28-22(23(30)27-17-10-9-15-7-5-6-8-16(15)13-17)26-12-11-19(34-26)20(21(26)24(28)31)25(32)33-4-2/h5-10,13,18-22,29H,3-4,11-12,14H2,1-2H3,(H,27,30)/t18-,19-,20+,21-,22?,26?/m0/s1. The second-order valence-corrected chi connectivity index (χ2v) is 11.0. The fraction of sp³-hybridized carbons (Fsp3) is 0.500. The Bertz CT molecular complexity index is 1140. The van der Waals surface area contributed by atoms with Crippen LogP contribution in [0.3, 0.4) is 0 Å². The molecule has 2 bridgehead atoms. The molecule has 0 aromatic heterocycles. The van der Waals surface area contributed by atoms with Gasteiger partial charge in [-0.3, -0.25) is 14.4 Å². The van der Waals surface area contributed by atoms with Crippen molar-refractivity contribution in [2.24, 2.45) is 11.8 Å². The molecule has 5 rings (SSSR count). The maximum atomic E-state index is 13.9. The maximum absolute atomic E-state index is 13.9. The number of carbonyl (C=O) groups excluding carboxylic acids is 3. The van der Waals surface area contributed by atoms with Crippen LogP contribution in [0.5, 0.6) is 0 Å². The number of hydrogen-bond acceptors (Lipinski definition) is 6. The molecule has 2 N–H and O–H groups in total. The van der Waals surface area contributed by atoms with E-state index >= 15 is 0 Å². The molecule has 0 aliphatic carbocycles. The van der Waals surface area contributed by atoms with Gasteiger partial charge in [-0.05, 0) is 49.1 Å². The summed E-state index contributed by atoms with van der Waals surface area (Å²) >= 11 is 1.60. The normalized spacial score (nSPS) is 30.4. The molecule has 180 valence electrons. The summed E-state index contributed by atoms with van der Waals surface area (Å²) in [4.78, 5) is 42.1. The highest BCUT2D eigenvalue weighted by Gasteiger charge is 2.74. The van der Waals surface area contributed by atoms with Crippen LogP contribution in [0.4, 0.5) is 5.69 Å². The number of rotatable bonds is 7. The van der Waals surface area contributed by atoms with Gasteiger partial charge in [-0.15, -0.1) is 11.8 Å². The third-order valence-electron chi connectivity index (χ3n) is 7.64. The fourth-order valence-electron chi connectivity index (χ4n) is 6.18. The molecule has 0 saturated carbocycles. The van der Waals surface area contributed by atoms with Crippen LogP contribution in [0, 0.1) is 11.8 Å². The molecule has 0 radical (unpaired) electrons. The van der Waals surface area contributed by atoms with Crippen molar-refractivity contribution in [3.05, 3.63) is 42.5 Å². The van der Waals surface area contributed by atoms with Crippen molar-refractivity contribution in [2.45, 2.75) is 55.2 Å². The molecule has 3 saturated heterocycles. The number of ether oxygens (including phenoxy) is 1. The summed E-state index contributed by atoms with van der Waals surface area (Å²) < 4.78 is 4.65. The first kappa shape index (κ1) is 23.2. The number of anilines is 1. The lowest BCUT2D eigenvalue weighted by Crippen LogP contribution is -2.54. The molecule has 1 spiro atoms. The maximum Gasteiger partial charge on any atom is 0.310 e. The van der Waals surface area contributed by atoms with Gasteiger partial charge in [-0.1, -0.05) is 37.3 Å². The first-order valence-corrected chi connectivity index (χ1v) is 12.9. The predicted octanol–water partition coefficient (Wildman–Crippen LogP) is 3.20. The highest BCUT2D eigenvalue weighted by Crippen LogP contribution is 2.66. The Labute approximate surface area is 203 Å². The average molecular weight is 483 g/mol. The number of likely N-dealkylation sites (tertiary alicyclic amines) is 1. The Balaban J connectivity index is 1.52. The van der Waals surface area contributed by atoms with Crippen LogP contribution in [0.1, 0.15) is 33.1 Å². The largest absolute Gasteiger partial charge is 0.466 e. The summed E-state index contributed by atoms with van der Waals surface area (Å²) in [5.74, 6) is -2.00. The van der Waals surface area contributed by atoms with E-state index in [-0.39, 0.29) is 36.2 Å². The number of carbonyl (C=O) groups is 3. The van der Waals surface area contributed by atoms with Crippen molar-refractivity contribution in [3.8, 4) is 0 Å². The van der Waals surface area contributed by atoms with Gasteiger partial charge in [0.05, 0.1) is 35.8 Å². The van der Waals surface area contributed by atoms with Crippen LogP contribution in [-0.4, -0.2) is 63.1 Å². The highest BCUT2D eigenvalue weighted by atomic mass is 32.2. The Morgan fingerprint density at radius 2 is 2.00 bits per heavy atom. The zero-order valence-corrected chi connectivity index (χ0v) is 20.2. The quantitative estimate of drug-likeness (QED) is 0.589. The number of nitrogens with zero attached hydrogens (tertiary/aromatic N) is 1. The van der Waals surface area contributed by atoms with E-state index in [0.29, 0.717) is 18.5 Å². The van der Waals surface area contributed by atoms with Gasteiger partial charge in [0.1, 0.15) is 6.04 Å². The third-order valence-corrected chi connectivity index (χ3v) is 9.59. The van der Waals surface area contributed by atoms with E-state index < -0.39 is 28.7 Å². The van der Waals surface area contributed by atoms with Crippen molar-refractivity contribution in [1.82, 2.24) is 4.90 Å². The predicted molar refractivity (Wildman–Crippen MR) is 131 cm³/mol. The van der Waals surface area contributed by atoms with Gasteiger partial charge in [0.25, 0.3) is 0 Å². The van der Waals surface area contributed by atoms with Crippen LogP contribution in [0.2, 0.25) is 0 Å². The molecular weight excluding hydrogens is 452 g/mol. The van der Waals surface area contributed by atoms with Gasteiger partial charge in [0, 0.05) is 10.9 Å². The van der Waals surface area contributed by atoms with E-state index in [9.17, 15) is 19.5 Å². The van der Waals surface area contributed by atoms with Crippen LogP contribution in [0.25, 0.3) is 10.8 Å². The SMILES string of the molecule is CCOC(=O)[C@@H]1[C@@H]2CCC3(S2)C(C(=O)Nc2ccc4ccccc4c2)N([C@@H](CC)CO)C(=O)[C@H]13. The molecule has 7 nitrogen and oxygen atoms in total. The Morgan fingerprint density at radius 3 is 2.71 bits per heavy atom. The lowest BCUT2D eigenvalue weighted by atomic mass is 9.71. The Kier molecular flexibility index (Phi) is 6.06. The first-order valence-electron chi connectivity index (χ1n) is 12.0. The topological polar surface area (TPSA) is 95.9 Å². The second-order valence-electron chi connectivity index (χ2n) is 9.35. The molecule has 6 atom stereocenters. The van der Waals surface area contributed by atoms with Crippen LogP contribution in [-0.2, 0) is 19.1 Å². The molecule has 2 aromatic rings. The minimum absolute atomic E-state index is 0.0275. The van der Waals surface area contributed by atoms with Crippen LogP contribution < -0.4 is 5.32 Å². The number of aliphatic hydroxyl groups is 1. The van der Waals surface area contributed by atoms with Crippen molar-refractivity contribution in [2.75, 3.05) is 18.5 Å². The van der Waals surface area contributed by atoms with Gasteiger partial charge >= 0.3 is 5.97 Å². The number of amides is 2. The number of hydrogen-bond donors (Lipinski definition) is 2. The Hall–Kier alpha value is -2.58. The van der Waals surface area contributed by atoms with Gasteiger partial charge in [0.2, 0.25) is 11.8 Å². The molecule has 8 heteroatoms. The smallest absolute Gasteiger partial charge is 0.310 e. The molecule has 3 heterocycles. The summed E-state index contributed by atoms with van der Waals surface area (Å²) in [5, 5.41) is 15.2. The van der Waals surface area contributed by atoms with Crippen molar-refractivity contribution in [1.29, 1.82) is 0 Å². The van der Waals surface area contributed by atoms with Crippen molar-refractivity contribution < 1.29 is 24.2 Å². The van der Waals surface area contributed by atoms with Gasteiger partial charge in [0.15, 0.2) is 0 Å². The van der Waals surface area contributed by atoms with E-state index in [4.69, 9.17) is 4.74 Å². The number of thioether (sulfide) groups is 1. The number of benzene rings is 2. The molecule has 3 fully saturated rings. The van der Waals surface area contributed by atoms with Crippen molar-refractivity contribution >= 4 is 46.0 Å². The number of esters is 1. The second kappa shape index (κ2) is 8.89. The van der Waals surface area contributed by atoms with Gasteiger partial charge in [-0.2, -0.15) is 0 Å². The Morgan fingerprint density at radius 1 is 1.24 bits per heavy atom. The minimum atomic E-state index is -0.761. The van der Waals surface area contributed by atoms with Gasteiger partial charge in [-0.25, -0.2) is 0 Å². The summed E-state index contributed by atoms with van der Waals surface area (Å²) in [6, 6.07) is 12.4. The number of aliphatic hydroxyl groups excluding tert-OH is 1. The summed E-state index contributed by atoms with van der Waals surface area (Å²) in [6.07, 6.45) is 1.97. The minimum Gasteiger partial charge on any atom is -0.466 e. The summed E-state index contributed by atoms with van der Waals surface area (Å²) in [5.41, 5.74) is 0.660. The van der Waals surface area contributed by atoms with Crippen molar-refractivity contribution in [3.63, 3.8) is 0 Å². The lowest BCUT2D eigenvalue weighted by molar-refractivity contribution is -0.154. The van der Waals surface area contributed by atoms with E-state index in [2.05, 4.69) is 5.32 Å². The van der Waals surface area contributed by atoms with E-state index in [1.165, 1.54) is 0 Å². The lowest BCUT2D eigenvalue weighted by Gasteiger charge is -2.36. The summed E-state index contributed by atoms with van der Waals surface area (Å²) in [6.45, 7) is 3.68. The van der Waals surface area contributed by atoms with E-state index in [0.717, 1.165) is 17.2 Å². The molecule has 2 aromatic carbocycles. The number of fused-ring (bicyclic) bond motifs is 2. The van der Waals surface area contributed by atoms with Crippen LogP contribution in [0.15, 0.2) is 42.5 Å². The molecular formula is C26H30N2O5S. The zero-order valence-electron chi connectivity index (χ0n) is 19.4.